The molecule has 1 saturated carbocycles. The van der Waals surface area contributed by atoms with Crippen LogP contribution in [0.4, 0.5) is 0 Å². The number of rotatable bonds is 4. The van der Waals surface area contributed by atoms with Crippen LogP contribution in [0.25, 0.3) is 10.1 Å². The van der Waals surface area contributed by atoms with Gasteiger partial charge in [-0.2, -0.15) is 0 Å². The fraction of sp³-hybridized carbons (Fsp3) is 0.600. The molecule has 0 amide bonds. The lowest BCUT2D eigenvalue weighted by molar-refractivity contribution is -0.0306. The van der Waals surface area contributed by atoms with E-state index in [0.29, 0.717) is 0 Å². The molecule has 2 N–H and O–H groups in total. The summed E-state index contributed by atoms with van der Waals surface area (Å²) in [5, 5.41) is 16.3. The summed E-state index contributed by atoms with van der Waals surface area (Å²) >= 11 is 1.88. The zero-order valence-corrected chi connectivity index (χ0v) is 17.6. The van der Waals surface area contributed by atoms with Crippen LogP contribution in [0.15, 0.2) is 30.3 Å². The molecule has 1 saturated heterocycles. The van der Waals surface area contributed by atoms with Gasteiger partial charge in [0.1, 0.15) is 0 Å². The summed E-state index contributed by atoms with van der Waals surface area (Å²) in [6.07, 6.45) is 5.52. The molecule has 0 spiro atoms. The van der Waals surface area contributed by atoms with Crippen LogP contribution in [0.1, 0.15) is 42.9 Å². The van der Waals surface area contributed by atoms with Gasteiger partial charge in [-0.25, -0.2) is 0 Å². The molecule has 1 unspecified atom stereocenters. The first-order valence-corrected chi connectivity index (χ1v) is 10.2. The van der Waals surface area contributed by atoms with Gasteiger partial charge in [-0.05, 0) is 30.4 Å². The van der Waals surface area contributed by atoms with Crippen molar-refractivity contribution >= 4 is 46.2 Å². The molecule has 2 fully saturated rings. The van der Waals surface area contributed by atoms with E-state index in [2.05, 4.69) is 40.5 Å². The van der Waals surface area contributed by atoms with Crippen molar-refractivity contribution in [2.24, 2.45) is 0 Å². The summed E-state index contributed by atoms with van der Waals surface area (Å²) < 4.78 is 1.34. The number of halogens is 2. The minimum absolute atomic E-state index is 0. The van der Waals surface area contributed by atoms with E-state index in [1.807, 2.05) is 11.3 Å². The van der Waals surface area contributed by atoms with Gasteiger partial charge < -0.3 is 15.3 Å². The van der Waals surface area contributed by atoms with Crippen LogP contribution in [0, 0.1) is 0 Å². The number of aliphatic hydroxyl groups is 1. The molecule has 2 aromatic rings. The molecule has 1 aromatic heterocycles. The topological polar surface area (TPSA) is 35.5 Å². The van der Waals surface area contributed by atoms with Crippen LogP contribution < -0.4 is 5.32 Å². The normalized spacial score (nSPS) is 21.6. The van der Waals surface area contributed by atoms with E-state index in [4.69, 9.17) is 0 Å². The zero-order chi connectivity index (χ0) is 16.4. The lowest BCUT2D eigenvalue weighted by Gasteiger charge is -2.42. The third-order valence-electron chi connectivity index (χ3n) is 5.81. The minimum atomic E-state index is -0.524. The van der Waals surface area contributed by atoms with Crippen molar-refractivity contribution in [2.75, 3.05) is 32.7 Å². The predicted molar refractivity (Wildman–Crippen MR) is 116 cm³/mol. The van der Waals surface area contributed by atoms with Crippen LogP contribution in [-0.2, 0) is 0 Å². The Kier molecular flexibility index (Phi) is 8.20. The maximum atomic E-state index is 11.5. The van der Waals surface area contributed by atoms with Gasteiger partial charge in [0, 0.05) is 48.2 Å². The second kappa shape index (κ2) is 9.72. The second-order valence-corrected chi connectivity index (χ2v) is 8.57. The molecule has 4 rings (SSSR count). The lowest BCUT2D eigenvalue weighted by atomic mass is 9.74. The largest absolute Gasteiger partial charge is 0.389 e. The average molecular weight is 417 g/mol. The first-order chi connectivity index (χ1) is 11.7. The minimum Gasteiger partial charge on any atom is -0.389 e. The van der Waals surface area contributed by atoms with E-state index in [1.54, 1.807) is 0 Å². The van der Waals surface area contributed by atoms with Gasteiger partial charge in [0.25, 0.3) is 0 Å². The molecule has 1 aromatic carbocycles. The van der Waals surface area contributed by atoms with Gasteiger partial charge in [-0.3, -0.25) is 0 Å². The number of hydrogen-bond donors (Lipinski definition) is 2. The molecule has 146 valence electrons. The van der Waals surface area contributed by atoms with Crippen LogP contribution in [0.3, 0.4) is 0 Å². The molecular formula is C20H30Cl2N2OS. The van der Waals surface area contributed by atoms with Crippen LogP contribution in [0.2, 0.25) is 0 Å². The van der Waals surface area contributed by atoms with E-state index >= 15 is 0 Å². The molecule has 0 radical (unpaired) electrons. The third-order valence-corrected chi connectivity index (χ3v) is 7.04. The number of benzene rings is 1. The van der Waals surface area contributed by atoms with Gasteiger partial charge in [-0.1, -0.05) is 37.5 Å². The Morgan fingerprint density at radius 1 is 1.08 bits per heavy atom. The fourth-order valence-electron chi connectivity index (χ4n) is 4.36. The van der Waals surface area contributed by atoms with Gasteiger partial charge in [0.05, 0.1) is 5.60 Å². The maximum Gasteiger partial charge on any atom is 0.0736 e. The first-order valence-electron chi connectivity index (χ1n) is 9.39. The van der Waals surface area contributed by atoms with E-state index in [-0.39, 0.29) is 30.7 Å². The quantitative estimate of drug-likeness (QED) is 0.773. The molecular weight excluding hydrogens is 387 g/mol. The molecule has 26 heavy (non-hydrogen) atoms. The summed E-state index contributed by atoms with van der Waals surface area (Å²) in [5.41, 5.74) is -0.524. The molecule has 6 heteroatoms. The van der Waals surface area contributed by atoms with Crippen molar-refractivity contribution in [3.05, 3.63) is 35.2 Å². The van der Waals surface area contributed by atoms with Gasteiger partial charge in [-0.15, -0.1) is 36.2 Å². The molecule has 2 aliphatic rings. The monoisotopic (exact) mass is 416 g/mol. The Morgan fingerprint density at radius 3 is 2.46 bits per heavy atom. The second-order valence-electron chi connectivity index (χ2n) is 7.45. The van der Waals surface area contributed by atoms with Gasteiger partial charge in [0.15, 0.2) is 0 Å². The Morgan fingerprint density at radius 2 is 1.77 bits per heavy atom. The van der Waals surface area contributed by atoms with Crippen LogP contribution in [0.5, 0.6) is 0 Å². The van der Waals surface area contributed by atoms with E-state index < -0.39 is 5.60 Å². The molecule has 2 heterocycles. The Bertz CT molecular complexity index is 648. The van der Waals surface area contributed by atoms with Gasteiger partial charge in [0.2, 0.25) is 0 Å². The number of nitrogens with zero attached hydrogens (tertiary/aromatic N) is 1. The number of hydrogen-bond acceptors (Lipinski definition) is 4. The standard InChI is InChI=1S/C20H28N2OS.2ClH/c23-20(8-4-1-5-9-20)17(15-22-12-10-21-11-13-22)19-14-16-6-2-3-7-18(16)24-19;;/h2-3,6-7,14,17,21,23H,1,4-5,8-13,15H2;2*1H. The first kappa shape index (κ1) is 21.9. The van der Waals surface area contributed by atoms with Crippen molar-refractivity contribution in [1.29, 1.82) is 0 Å². The van der Waals surface area contributed by atoms with E-state index in [0.717, 1.165) is 45.6 Å². The van der Waals surface area contributed by atoms with Crippen molar-refractivity contribution in [1.82, 2.24) is 10.2 Å². The average Bonchev–Trinajstić information content (AvgIpc) is 3.04. The number of nitrogens with one attached hydrogen (secondary N) is 1. The lowest BCUT2D eigenvalue weighted by Crippen LogP contribution is -2.49. The number of thiophene rings is 1. The molecule has 3 nitrogen and oxygen atoms in total. The Labute approximate surface area is 173 Å². The third kappa shape index (κ3) is 4.73. The summed E-state index contributed by atoms with van der Waals surface area (Å²) in [5.74, 6) is 0.244. The van der Waals surface area contributed by atoms with Crippen LogP contribution >= 0.6 is 36.2 Å². The highest BCUT2D eigenvalue weighted by atomic mass is 35.5. The highest BCUT2D eigenvalue weighted by Crippen LogP contribution is 2.43. The van der Waals surface area contributed by atoms with Crippen molar-refractivity contribution in [3.63, 3.8) is 0 Å². The number of piperazine rings is 1. The van der Waals surface area contributed by atoms with Crippen molar-refractivity contribution < 1.29 is 5.11 Å². The van der Waals surface area contributed by atoms with Crippen molar-refractivity contribution in [3.8, 4) is 0 Å². The zero-order valence-electron chi connectivity index (χ0n) is 15.2. The molecule has 1 aliphatic carbocycles. The molecule has 0 bridgehead atoms. The van der Waals surface area contributed by atoms with Crippen molar-refractivity contribution in [2.45, 2.75) is 43.6 Å². The predicted octanol–water partition coefficient (Wildman–Crippen LogP) is 4.43. The molecule has 1 aliphatic heterocycles. The number of fused-ring (bicyclic) bond motifs is 1. The summed E-state index contributed by atoms with van der Waals surface area (Å²) in [4.78, 5) is 3.91. The Hall–Kier alpha value is -0.360. The maximum absolute atomic E-state index is 11.5. The summed E-state index contributed by atoms with van der Waals surface area (Å²) in [6.45, 7) is 5.31. The van der Waals surface area contributed by atoms with E-state index in [1.165, 1.54) is 34.2 Å². The highest BCUT2D eigenvalue weighted by Gasteiger charge is 2.40. The van der Waals surface area contributed by atoms with Crippen LogP contribution in [-0.4, -0.2) is 48.3 Å². The Balaban J connectivity index is 0.00000121. The SMILES string of the molecule is Cl.Cl.OC1(C(CN2CCNCC2)c2cc3ccccc3s2)CCCCC1. The van der Waals surface area contributed by atoms with E-state index in [9.17, 15) is 5.11 Å². The van der Waals surface area contributed by atoms with Gasteiger partial charge >= 0.3 is 0 Å². The summed E-state index contributed by atoms with van der Waals surface area (Å²) in [6, 6.07) is 11.0. The molecule has 1 atom stereocenters. The summed E-state index contributed by atoms with van der Waals surface area (Å²) in [7, 11) is 0. The smallest absolute Gasteiger partial charge is 0.0736 e. The fourth-order valence-corrected chi connectivity index (χ4v) is 5.63. The highest BCUT2D eigenvalue weighted by molar-refractivity contribution is 7.19.